The predicted octanol–water partition coefficient (Wildman–Crippen LogP) is 4.02. The van der Waals surface area contributed by atoms with Crippen LogP contribution in [0.4, 0.5) is 11.5 Å². The van der Waals surface area contributed by atoms with Gasteiger partial charge < -0.3 is 19.7 Å². The fourth-order valence-electron chi connectivity index (χ4n) is 3.85. The first-order valence-corrected chi connectivity index (χ1v) is 10.4. The predicted molar refractivity (Wildman–Crippen MR) is 121 cm³/mol. The molecule has 1 aliphatic heterocycles. The summed E-state index contributed by atoms with van der Waals surface area (Å²) in [5.41, 5.74) is 2.39. The highest BCUT2D eigenvalue weighted by molar-refractivity contribution is 5.94. The SMILES string of the molecule is COc1ccccc1NC(=O)C1CCN(c2ccc(-c3ccccc3OC)nn2)CC1. The molecule has 7 nitrogen and oxygen atoms in total. The molecule has 0 spiro atoms. The molecule has 0 unspecified atom stereocenters. The van der Waals surface area contributed by atoms with Crippen molar-refractivity contribution in [2.24, 2.45) is 5.92 Å². The lowest BCUT2D eigenvalue weighted by molar-refractivity contribution is -0.120. The van der Waals surface area contributed by atoms with E-state index in [1.807, 2.05) is 60.7 Å². The van der Waals surface area contributed by atoms with E-state index in [9.17, 15) is 4.79 Å². The smallest absolute Gasteiger partial charge is 0.227 e. The Hall–Kier alpha value is -3.61. The highest BCUT2D eigenvalue weighted by Gasteiger charge is 2.26. The minimum absolute atomic E-state index is 0.0294. The zero-order chi connectivity index (χ0) is 21.6. The molecule has 0 saturated carbocycles. The highest BCUT2D eigenvalue weighted by Crippen LogP contribution is 2.30. The maximum absolute atomic E-state index is 12.7. The second-order valence-electron chi connectivity index (χ2n) is 7.43. The van der Waals surface area contributed by atoms with Crippen LogP contribution in [-0.4, -0.2) is 43.4 Å². The molecule has 0 radical (unpaired) electrons. The van der Waals surface area contributed by atoms with Gasteiger partial charge >= 0.3 is 0 Å². The number of carbonyl (C=O) groups excluding carboxylic acids is 1. The second kappa shape index (κ2) is 9.47. The molecule has 1 aromatic heterocycles. The van der Waals surface area contributed by atoms with Crippen molar-refractivity contribution in [3.63, 3.8) is 0 Å². The summed E-state index contributed by atoms with van der Waals surface area (Å²) in [6.07, 6.45) is 1.52. The third kappa shape index (κ3) is 4.60. The average molecular weight is 418 g/mol. The fraction of sp³-hybridized carbons (Fsp3) is 0.292. The Labute approximate surface area is 182 Å². The van der Waals surface area contributed by atoms with E-state index >= 15 is 0 Å². The molecule has 0 aliphatic carbocycles. The standard InChI is InChI=1S/C24H26N4O3/c1-30-21-9-5-3-7-18(21)19-11-12-23(27-26-19)28-15-13-17(14-16-28)24(29)25-20-8-4-6-10-22(20)31-2/h3-12,17H,13-16H2,1-2H3,(H,25,29). The molecule has 2 aromatic carbocycles. The van der Waals surface area contributed by atoms with Crippen molar-refractivity contribution in [3.8, 4) is 22.8 Å². The minimum atomic E-state index is -0.0398. The van der Waals surface area contributed by atoms with Crippen molar-refractivity contribution in [2.45, 2.75) is 12.8 Å². The number of anilines is 2. The summed E-state index contributed by atoms with van der Waals surface area (Å²) >= 11 is 0. The Kier molecular flexibility index (Phi) is 6.31. The third-order valence-electron chi connectivity index (χ3n) is 5.59. The number of hydrogen-bond acceptors (Lipinski definition) is 6. The summed E-state index contributed by atoms with van der Waals surface area (Å²) in [5, 5.41) is 11.8. The number of nitrogens with zero attached hydrogens (tertiary/aromatic N) is 3. The first-order chi connectivity index (χ1) is 15.2. The van der Waals surface area contributed by atoms with Gasteiger partial charge in [0.05, 0.1) is 25.6 Å². The molecule has 1 saturated heterocycles. The van der Waals surface area contributed by atoms with Gasteiger partial charge in [0.25, 0.3) is 0 Å². The van der Waals surface area contributed by atoms with E-state index in [1.165, 1.54) is 0 Å². The summed E-state index contributed by atoms with van der Waals surface area (Å²) in [7, 11) is 3.25. The van der Waals surface area contributed by atoms with Gasteiger partial charge in [-0.3, -0.25) is 4.79 Å². The highest BCUT2D eigenvalue weighted by atomic mass is 16.5. The number of nitrogens with one attached hydrogen (secondary N) is 1. The average Bonchev–Trinajstić information content (AvgIpc) is 2.84. The van der Waals surface area contributed by atoms with E-state index in [1.54, 1.807) is 14.2 Å². The van der Waals surface area contributed by atoms with Crippen LogP contribution in [0.3, 0.4) is 0 Å². The lowest BCUT2D eigenvalue weighted by Crippen LogP contribution is -2.38. The normalized spacial score (nSPS) is 14.2. The fourth-order valence-corrected chi connectivity index (χ4v) is 3.85. The molecule has 3 aromatic rings. The van der Waals surface area contributed by atoms with Crippen LogP contribution in [0.1, 0.15) is 12.8 Å². The molecule has 4 rings (SSSR count). The number of benzene rings is 2. The lowest BCUT2D eigenvalue weighted by Gasteiger charge is -2.32. The molecule has 1 amide bonds. The molecule has 160 valence electrons. The van der Waals surface area contributed by atoms with Gasteiger partial charge in [-0.05, 0) is 49.2 Å². The first kappa shape index (κ1) is 20.7. The van der Waals surface area contributed by atoms with Crippen molar-refractivity contribution >= 4 is 17.4 Å². The largest absolute Gasteiger partial charge is 0.496 e. The van der Waals surface area contributed by atoms with E-state index < -0.39 is 0 Å². The lowest BCUT2D eigenvalue weighted by atomic mass is 9.95. The Bertz CT molecular complexity index is 1030. The Morgan fingerprint density at radius 1 is 0.903 bits per heavy atom. The maximum atomic E-state index is 12.7. The van der Waals surface area contributed by atoms with Crippen LogP contribution in [-0.2, 0) is 4.79 Å². The van der Waals surface area contributed by atoms with E-state index in [2.05, 4.69) is 20.4 Å². The van der Waals surface area contributed by atoms with Crippen LogP contribution in [0, 0.1) is 5.92 Å². The minimum Gasteiger partial charge on any atom is -0.496 e. The molecule has 0 bridgehead atoms. The molecule has 31 heavy (non-hydrogen) atoms. The van der Waals surface area contributed by atoms with E-state index in [0.29, 0.717) is 11.4 Å². The number of hydrogen-bond donors (Lipinski definition) is 1. The number of aromatic nitrogens is 2. The van der Waals surface area contributed by atoms with Crippen LogP contribution in [0.5, 0.6) is 11.5 Å². The number of rotatable bonds is 6. The van der Waals surface area contributed by atoms with Crippen molar-refractivity contribution in [1.82, 2.24) is 10.2 Å². The van der Waals surface area contributed by atoms with E-state index in [-0.39, 0.29) is 11.8 Å². The van der Waals surface area contributed by atoms with Gasteiger partial charge in [0, 0.05) is 24.6 Å². The quantitative estimate of drug-likeness (QED) is 0.652. The van der Waals surface area contributed by atoms with Crippen LogP contribution < -0.4 is 19.7 Å². The van der Waals surface area contributed by atoms with Gasteiger partial charge in [-0.25, -0.2) is 0 Å². The summed E-state index contributed by atoms with van der Waals surface area (Å²) in [4.78, 5) is 14.9. The molecular formula is C24H26N4O3. The Morgan fingerprint density at radius 3 is 2.26 bits per heavy atom. The Morgan fingerprint density at radius 2 is 1.58 bits per heavy atom. The van der Waals surface area contributed by atoms with Gasteiger partial charge in [0.1, 0.15) is 11.5 Å². The molecule has 0 atom stereocenters. The third-order valence-corrected chi connectivity index (χ3v) is 5.59. The van der Waals surface area contributed by atoms with Gasteiger partial charge in [-0.15, -0.1) is 10.2 Å². The van der Waals surface area contributed by atoms with Crippen molar-refractivity contribution < 1.29 is 14.3 Å². The zero-order valence-electron chi connectivity index (χ0n) is 17.7. The Balaban J connectivity index is 1.37. The molecule has 2 heterocycles. The van der Waals surface area contributed by atoms with Gasteiger partial charge in [0.15, 0.2) is 5.82 Å². The monoisotopic (exact) mass is 418 g/mol. The number of methoxy groups -OCH3 is 2. The van der Waals surface area contributed by atoms with Crippen molar-refractivity contribution in [3.05, 3.63) is 60.7 Å². The summed E-state index contributed by atoms with van der Waals surface area (Å²) in [5.74, 6) is 2.25. The van der Waals surface area contributed by atoms with E-state index in [4.69, 9.17) is 9.47 Å². The van der Waals surface area contributed by atoms with Gasteiger partial charge in [-0.1, -0.05) is 24.3 Å². The van der Waals surface area contributed by atoms with Gasteiger partial charge in [-0.2, -0.15) is 0 Å². The number of amides is 1. The number of piperidine rings is 1. The number of ether oxygens (including phenoxy) is 2. The molecular weight excluding hydrogens is 392 g/mol. The second-order valence-corrected chi connectivity index (χ2v) is 7.43. The zero-order valence-corrected chi connectivity index (χ0v) is 17.7. The van der Waals surface area contributed by atoms with Gasteiger partial charge in [0.2, 0.25) is 5.91 Å². The number of para-hydroxylation sites is 3. The van der Waals surface area contributed by atoms with E-state index in [0.717, 1.165) is 48.8 Å². The summed E-state index contributed by atoms with van der Waals surface area (Å²) in [6.45, 7) is 1.51. The number of carbonyl (C=O) groups is 1. The van der Waals surface area contributed by atoms with Crippen LogP contribution in [0.25, 0.3) is 11.3 Å². The summed E-state index contributed by atoms with van der Waals surface area (Å²) < 4.78 is 10.7. The molecule has 1 fully saturated rings. The van der Waals surface area contributed by atoms with Crippen LogP contribution in [0.2, 0.25) is 0 Å². The van der Waals surface area contributed by atoms with Crippen LogP contribution in [0.15, 0.2) is 60.7 Å². The van der Waals surface area contributed by atoms with Crippen LogP contribution >= 0.6 is 0 Å². The molecule has 7 heteroatoms. The first-order valence-electron chi connectivity index (χ1n) is 10.4. The van der Waals surface area contributed by atoms with Crippen molar-refractivity contribution in [1.29, 1.82) is 0 Å². The molecule has 1 aliphatic rings. The maximum Gasteiger partial charge on any atom is 0.227 e. The molecule has 1 N–H and O–H groups in total. The van der Waals surface area contributed by atoms with Crippen molar-refractivity contribution in [2.75, 3.05) is 37.5 Å². The topological polar surface area (TPSA) is 76.6 Å². The summed E-state index contributed by atoms with van der Waals surface area (Å²) in [6, 6.07) is 19.1.